The van der Waals surface area contributed by atoms with E-state index in [0.29, 0.717) is 5.56 Å². The molecule has 1 aliphatic rings. The Morgan fingerprint density at radius 1 is 0.865 bits per heavy atom. The second kappa shape index (κ2) is 10.6. The number of fused-ring (bicyclic) bond motifs is 1. The van der Waals surface area contributed by atoms with Crippen LogP contribution in [0.25, 0.3) is 0 Å². The Kier molecular flexibility index (Phi) is 7.53. The van der Waals surface area contributed by atoms with E-state index < -0.39 is 47.2 Å². The molecule has 14 nitrogen and oxygen atoms in total. The highest BCUT2D eigenvalue weighted by Gasteiger charge is 2.37. The quantitative estimate of drug-likeness (QED) is 0.103. The molecule has 3 aromatic carbocycles. The van der Waals surface area contributed by atoms with Crippen molar-refractivity contribution >= 4 is 12.0 Å². The van der Waals surface area contributed by atoms with Crippen molar-refractivity contribution in [1.29, 1.82) is 0 Å². The van der Waals surface area contributed by atoms with Gasteiger partial charge in [-0.3, -0.25) is 5.21 Å². The van der Waals surface area contributed by atoms with Gasteiger partial charge in [-0.05, 0) is 24.3 Å². The molecule has 2 atom stereocenters. The minimum atomic E-state index is -1.06. The smallest absolute Gasteiger partial charge is 0.338 e. The molecule has 0 aromatic heterocycles. The van der Waals surface area contributed by atoms with Gasteiger partial charge in [-0.2, -0.15) is 0 Å². The van der Waals surface area contributed by atoms with Gasteiger partial charge in [0.15, 0.2) is 34.9 Å². The van der Waals surface area contributed by atoms with Crippen molar-refractivity contribution in [2.45, 2.75) is 18.6 Å². The summed E-state index contributed by atoms with van der Waals surface area (Å²) in [4.78, 5) is 21.9. The van der Waals surface area contributed by atoms with Crippen molar-refractivity contribution in [3.63, 3.8) is 0 Å². The van der Waals surface area contributed by atoms with Gasteiger partial charge >= 0.3 is 12.0 Å². The highest BCUT2D eigenvalue weighted by molar-refractivity contribution is 5.91. The lowest BCUT2D eigenvalue weighted by molar-refractivity contribution is -0.0189. The molecule has 2 unspecified atom stereocenters. The standard InChI is InChI=1S/C22H18O10.CH4N2O2/c23-11-6-14(25)12-8-19(32-22(30)10-4-16(27)20(29)17(28)5-10)21(31-18(12)7-11)9-1-2-13(24)15(26)3-9;2-1(4)3-5/h1-7,19,21,23-29H,8H2;5H,(H3,2,3,4). The van der Waals surface area contributed by atoms with E-state index >= 15 is 0 Å². The third-order valence-electron chi connectivity index (χ3n) is 5.17. The highest BCUT2D eigenvalue weighted by Crippen LogP contribution is 2.44. The zero-order chi connectivity index (χ0) is 27.4. The summed E-state index contributed by atoms with van der Waals surface area (Å²) >= 11 is 0. The van der Waals surface area contributed by atoms with Gasteiger partial charge in [0, 0.05) is 29.7 Å². The normalized spacial score (nSPS) is 15.8. The lowest BCUT2D eigenvalue weighted by Crippen LogP contribution is -2.34. The molecule has 0 fully saturated rings. The summed E-state index contributed by atoms with van der Waals surface area (Å²) in [7, 11) is 0. The molecule has 14 heteroatoms. The largest absolute Gasteiger partial charge is 0.508 e. The number of benzene rings is 3. The van der Waals surface area contributed by atoms with Crippen molar-refractivity contribution in [2.75, 3.05) is 0 Å². The molecule has 196 valence electrons. The van der Waals surface area contributed by atoms with Crippen LogP contribution in [-0.2, 0) is 11.2 Å². The molecule has 4 rings (SSSR count). The number of phenolic OH excluding ortho intramolecular Hbond substituents is 7. The number of carbonyl (C=O) groups is 2. The molecule has 2 amide bonds. The van der Waals surface area contributed by atoms with Gasteiger partial charge in [0.05, 0.1) is 5.56 Å². The van der Waals surface area contributed by atoms with Gasteiger partial charge in [0.25, 0.3) is 0 Å². The lowest BCUT2D eigenvalue weighted by Gasteiger charge is -2.34. The number of rotatable bonds is 3. The van der Waals surface area contributed by atoms with Crippen LogP contribution in [0.1, 0.15) is 27.6 Å². The summed E-state index contributed by atoms with van der Waals surface area (Å²) in [6, 6.07) is 7.13. The number of amides is 2. The number of aromatic hydroxyl groups is 7. The third-order valence-corrected chi connectivity index (χ3v) is 5.17. The van der Waals surface area contributed by atoms with Crippen molar-refractivity contribution in [1.82, 2.24) is 5.48 Å². The fourth-order valence-corrected chi connectivity index (χ4v) is 3.48. The van der Waals surface area contributed by atoms with Crippen LogP contribution in [0.3, 0.4) is 0 Å². The first-order valence-electron chi connectivity index (χ1n) is 10.3. The predicted octanol–water partition coefficient (Wildman–Crippen LogP) is 1.57. The van der Waals surface area contributed by atoms with E-state index in [1.165, 1.54) is 29.7 Å². The van der Waals surface area contributed by atoms with Crippen LogP contribution in [0.2, 0.25) is 0 Å². The highest BCUT2D eigenvalue weighted by atomic mass is 16.6. The monoisotopic (exact) mass is 518 g/mol. The first-order chi connectivity index (χ1) is 17.4. The maximum Gasteiger partial charge on any atom is 0.338 e. The average molecular weight is 518 g/mol. The number of phenols is 7. The van der Waals surface area contributed by atoms with E-state index in [1.807, 2.05) is 0 Å². The molecular formula is C23H22N2O12. The Morgan fingerprint density at radius 3 is 2.05 bits per heavy atom. The number of hydroxylamine groups is 1. The Labute approximate surface area is 207 Å². The van der Waals surface area contributed by atoms with E-state index in [2.05, 4.69) is 5.73 Å². The number of nitrogens with two attached hydrogens (primary N) is 1. The minimum Gasteiger partial charge on any atom is -0.508 e. The van der Waals surface area contributed by atoms with Crippen molar-refractivity contribution in [3.05, 3.63) is 59.2 Å². The zero-order valence-corrected chi connectivity index (χ0v) is 18.7. The third kappa shape index (κ3) is 5.88. The van der Waals surface area contributed by atoms with Crippen LogP contribution < -0.4 is 16.0 Å². The van der Waals surface area contributed by atoms with Crippen LogP contribution in [0, 0.1) is 0 Å². The number of ether oxygens (including phenoxy) is 2. The number of carbonyl (C=O) groups excluding carboxylic acids is 2. The SMILES string of the molecule is NC(=O)NO.O=C(OC1Cc2c(O)cc(O)cc2OC1c1ccc(O)c(O)c1)c1cc(O)c(O)c(O)c1. The van der Waals surface area contributed by atoms with E-state index in [9.17, 15) is 45.3 Å². The Morgan fingerprint density at radius 2 is 1.49 bits per heavy atom. The topological polar surface area (TPSA) is 252 Å². The summed E-state index contributed by atoms with van der Waals surface area (Å²) in [6.45, 7) is 0. The summed E-state index contributed by atoms with van der Waals surface area (Å²) in [6.07, 6.45) is -2.12. The van der Waals surface area contributed by atoms with Gasteiger partial charge in [-0.25, -0.2) is 15.1 Å². The molecule has 0 saturated carbocycles. The first kappa shape index (κ1) is 26.4. The average Bonchev–Trinajstić information content (AvgIpc) is 2.84. The van der Waals surface area contributed by atoms with E-state index in [1.54, 1.807) is 0 Å². The van der Waals surface area contributed by atoms with Gasteiger partial charge in [0.1, 0.15) is 23.4 Å². The number of hydrogen-bond acceptors (Lipinski definition) is 12. The van der Waals surface area contributed by atoms with E-state index in [-0.39, 0.29) is 40.5 Å². The Balaban J connectivity index is 0.000000695. The van der Waals surface area contributed by atoms with Crippen molar-refractivity contribution in [3.8, 4) is 46.0 Å². The molecule has 3 aromatic rings. The van der Waals surface area contributed by atoms with E-state index in [0.717, 1.165) is 18.2 Å². The molecule has 0 saturated heterocycles. The van der Waals surface area contributed by atoms with Crippen LogP contribution in [-0.4, -0.2) is 59.1 Å². The number of primary amides is 1. The van der Waals surface area contributed by atoms with Gasteiger partial charge in [0.2, 0.25) is 0 Å². The van der Waals surface area contributed by atoms with Crippen LogP contribution in [0.5, 0.6) is 46.0 Å². The fraction of sp³-hybridized carbons (Fsp3) is 0.130. The predicted molar refractivity (Wildman–Crippen MR) is 122 cm³/mol. The molecule has 1 heterocycles. The molecule has 0 radical (unpaired) electrons. The van der Waals surface area contributed by atoms with E-state index in [4.69, 9.17) is 14.7 Å². The number of urea groups is 1. The van der Waals surface area contributed by atoms with Crippen LogP contribution in [0.4, 0.5) is 4.79 Å². The molecule has 1 aliphatic heterocycles. The molecule has 37 heavy (non-hydrogen) atoms. The maximum atomic E-state index is 12.7. The number of nitrogens with one attached hydrogen (secondary N) is 1. The lowest BCUT2D eigenvalue weighted by atomic mass is 9.93. The van der Waals surface area contributed by atoms with Gasteiger partial charge in [-0.1, -0.05) is 6.07 Å². The zero-order valence-electron chi connectivity index (χ0n) is 18.7. The molecule has 11 N–H and O–H groups in total. The van der Waals surface area contributed by atoms with Crippen molar-refractivity contribution in [2.24, 2.45) is 5.73 Å². The second-order valence-corrected chi connectivity index (χ2v) is 7.72. The van der Waals surface area contributed by atoms with Gasteiger partial charge in [-0.15, -0.1) is 0 Å². The summed E-state index contributed by atoms with van der Waals surface area (Å²) < 4.78 is 11.4. The second-order valence-electron chi connectivity index (χ2n) is 7.72. The molecule has 0 spiro atoms. The maximum absolute atomic E-state index is 12.7. The van der Waals surface area contributed by atoms with Crippen LogP contribution in [0.15, 0.2) is 42.5 Å². The van der Waals surface area contributed by atoms with Gasteiger partial charge < -0.3 is 51.0 Å². The first-order valence-corrected chi connectivity index (χ1v) is 10.3. The summed E-state index contributed by atoms with van der Waals surface area (Å²) in [5.41, 5.74) is 5.78. The van der Waals surface area contributed by atoms with Crippen molar-refractivity contribution < 1.29 is 60.0 Å². The molecular weight excluding hydrogens is 496 g/mol. The minimum absolute atomic E-state index is 0.0461. The number of esters is 1. The Bertz CT molecular complexity index is 1320. The Hall–Kier alpha value is -5.24. The fourth-order valence-electron chi connectivity index (χ4n) is 3.48. The summed E-state index contributed by atoms with van der Waals surface area (Å²) in [5.74, 6) is -4.43. The number of hydrogen-bond donors (Lipinski definition) is 10. The molecule has 0 aliphatic carbocycles. The summed E-state index contributed by atoms with van der Waals surface area (Å²) in [5, 5.41) is 75.7. The molecule has 0 bridgehead atoms. The van der Waals surface area contributed by atoms with Crippen LogP contribution >= 0.6 is 0 Å².